The Morgan fingerprint density at radius 2 is 2.24 bits per heavy atom. The molecule has 0 saturated heterocycles. The standard InChI is InChI=1S/C11H14N6/c1-2-7(1)9-11-16-15-10(8-3-4-13-14-8)17(11)6-5-12-9/h3-4,7,9,12H,1-2,5-6H2,(H,13,14). The maximum atomic E-state index is 4.36. The van der Waals surface area contributed by atoms with Crippen LogP contribution >= 0.6 is 0 Å². The molecule has 0 radical (unpaired) electrons. The van der Waals surface area contributed by atoms with E-state index in [0.717, 1.165) is 36.4 Å². The van der Waals surface area contributed by atoms with Gasteiger partial charge >= 0.3 is 0 Å². The Hall–Kier alpha value is -1.69. The molecule has 6 heteroatoms. The van der Waals surface area contributed by atoms with Crippen molar-refractivity contribution in [2.24, 2.45) is 5.92 Å². The monoisotopic (exact) mass is 230 g/mol. The lowest BCUT2D eigenvalue weighted by molar-refractivity contribution is 0.383. The lowest BCUT2D eigenvalue weighted by atomic mass is 10.1. The summed E-state index contributed by atoms with van der Waals surface area (Å²) in [7, 11) is 0. The molecule has 1 atom stereocenters. The van der Waals surface area contributed by atoms with Crippen molar-refractivity contribution in [1.29, 1.82) is 0 Å². The van der Waals surface area contributed by atoms with Crippen LogP contribution in [-0.4, -0.2) is 31.5 Å². The van der Waals surface area contributed by atoms with Crippen molar-refractivity contribution in [1.82, 2.24) is 30.3 Å². The van der Waals surface area contributed by atoms with Crippen LogP contribution in [0.25, 0.3) is 11.5 Å². The second-order valence-electron chi connectivity index (χ2n) is 4.77. The number of fused-ring (bicyclic) bond motifs is 1. The van der Waals surface area contributed by atoms with Crippen LogP contribution in [0.15, 0.2) is 12.3 Å². The van der Waals surface area contributed by atoms with Gasteiger partial charge in [0.15, 0.2) is 11.6 Å². The molecule has 2 aromatic rings. The number of aromatic nitrogens is 5. The highest BCUT2D eigenvalue weighted by Crippen LogP contribution is 2.41. The highest BCUT2D eigenvalue weighted by molar-refractivity contribution is 5.48. The minimum absolute atomic E-state index is 0.396. The molecule has 2 aromatic heterocycles. The molecule has 0 bridgehead atoms. The summed E-state index contributed by atoms with van der Waals surface area (Å²) in [5, 5.41) is 19.1. The maximum Gasteiger partial charge on any atom is 0.182 e. The Kier molecular flexibility index (Phi) is 1.87. The lowest BCUT2D eigenvalue weighted by Crippen LogP contribution is -2.35. The van der Waals surface area contributed by atoms with E-state index in [1.165, 1.54) is 12.8 Å². The number of aromatic amines is 1. The van der Waals surface area contributed by atoms with Crippen molar-refractivity contribution in [3.8, 4) is 11.5 Å². The maximum absolute atomic E-state index is 4.36. The van der Waals surface area contributed by atoms with Gasteiger partial charge in [0.25, 0.3) is 0 Å². The molecule has 17 heavy (non-hydrogen) atoms. The summed E-state index contributed by atoms with van der Waals surface area (Å²) >= 11 is 0. The van der Waals surface area contributed by atoms with E-state index >= 15 is 0 Å². The molecule has 2 aliphatic rings. The molecule has 0 amide bonds. The predicted octanol–water partition coefficient (Wildman–Crippen LogP) is 0.722. The molecule has 88 valence electrons. The molecule has 4 rings (SSSR count). The second kappa shape index (κ2) is 3.40. The van der Waals surface area contributed by atoms with Crippen molar-refractivity contribution in [2.75, 3.05) is 6.54 Å². The summed E-state index contributed by atoms with van der Waals surface area (Å²) < 4.78 is 2.22. The van der Waals surface area contributed by atoms with Crippen LogP contribution in [0.4, 0.5) is 0 Å². The number of hydrogen-bond donors (Lipinski definition) is 2. The molecule has 0 aromatic carbocycles. The van der Waals surface area contributed by atoms with Gasteiger partial charge in [-0.2, -0.15) is 5.10 Å². The average Bonchev–Trinajstić information content (AvgIpc) is 2.90. The summed E-state index contributed by atoms with van der Waals surface area (Å²) in [5.41, 5.74) is 0.945. The van der Waals surface area contributed by atoms with Crippen molar-refractivity contribution in [3.63, 3.8) is 0 Å². The third-order valence-corrected chi connectivity index (χ3v) is 3.59. The van der Waals surface area contributed by atoms with Gasteiger partial charge in [-0.25, -0.2) is 0 Å². The minimum Gasteiger partial charge on any atom is -0.307 e. The van der Waals surface area contributed by atoms with Crippen molar-refractivity contribution < 1.29 is 0 Å². The van der Waals surface area contributed by atoms with Gasteiger partial charge in [0, 0.05) is 19.3 Å². The zero-order valence-corrected chi connectivity index (χ0v) is 9.43. The fraction of sp³-hybridized carbons (Fsp3) is 0.545. The Balaban J connectivity index is 1.79. The van der Waals surface area contributed by atoms with Crippen LogP contribution in [0.5, 0.6) is 0 Å². The minimum atomic E-state index is 0.396. The van der Waals surface area contributed by atoms with Crippen LogP contribution in [0.3, 0.4) is 0 Å². The summed E-state index contributed by atoms with van der Waals surface area (Å²) in [4.78, 5) is 0. The molecule has 3 heterocycles. The van der Waals surface area contributed by atoms with E-state index < -0.39 is 0 Å². The molecule has 0 spiro atoms. The first kappa shape index (κ1) is 9.35. The largest absolute Gasteiger partial charge is 0.307 e. The van der Waals surface area contributed by atoms with E-state index in [4.69, 9.17) is 0 Å². The van der Waals surface area contributed by atoms with Gasteiger partial charge in [-0.3, -0.25) is 5.10 Å². The van der Waals surface area contributed by atoms with E-state index in [-0.39, 0.29) is 0 Å². The summed E-state index contributed by atoms with van der Waals surface area (Å²) in [6.45, 7) is 1.92. The SMILES string of the molecule is c1cc(-c2nnc3n2CCNC3C2CC2)[nH]n1. The molecule has 1 aliphatic heterocycles. The van der Waals surface area contributed by atoms with Crippen LogP contribution in [-0.2, 0) is 6.54 Å². The Bertz CT molecular complexity index is 524. The van der Waals surface area contributed by atoms with Gasteiger partial charge in [0.2, 0.25) is 0 Å². The van der Waals surface area contributed by atoms with Gasteiger partial charge in [-0.1, -0.05) is 0 Å². The van der Waals surface area contributed by atoms with E-state index in [2.05, 4.69) is 30.3 Å². The molecule has 1 fully saturated rings. The van der Waals surface area contributed by atoms with E-state index in [1.807, 2.05) is 6.07 Å². The Morgan fingerprint density at radius 1 is 1.29 bits per heavy atom. The van der Waals surface area contributed by atoms with E-state index in [1.54, 1.807) is 6.20 Å². The molecule has 1 unspecified atom stereocenters. The third kappa shape index (κ3) is 1.40. The number of rotatable bonds is 2. The normalized spacial score (nSPS) is 23.6. The van der Waals surface area contributed by atoms with Gasteiger partial charge in [-0.15, -0.1) is 10.2 Å². The first-order valence-electron chi connectivity index (χ1n) is 6.10. The van der Waals surface area contributed by atoms with Crippen LogP contribution < -0.4 is 5.32 Å². The molecular weight excluding hydrogens is 216 g/mol. The zero-order chi connectivity index (χ0) is 11.2. The van der Waals surface area contributed by atoms with E-state index in [0.29, 0.717) is 6.04 Å². The van der Waals surface area contributed by atoms with Crippen molar-refractivity contribution in [2.45, 2.75) is 25.4 Å². The topological polar surface area (TPSA) is 71.4 Å². The van der Waals surface area contributed by atoms with Gasteiger partial charge in [0.1, 0.15) is 5.69 Å². The summed E-state index contributed by atoms with van der Waals surface area (Å²) in [5.74, 6) is 2.75. The van der Waals surface area contributed by atoms with Gasteiger partial charge in [0.05, 0.1) is 6.04 Å². The lowest BCUT2D eigenvalue weighted by Gasteiger charge is -2.24. The summed E-state index contributed by atoms with van der Waals surface area (Å²) in [6.07, 6.45) is 4.37. The van der Waals surface area contributed by atoms with Crippen molar-refractivity contribution >= 4 is 0 Å². The fourth-order valence-electron chi connectivity index (χ4n) is 2.58. The fourth-order valence-corrected chi connectivity index (χ4v) is 2.58. The zero-order valence-electron chi connectivity index (χ0n) is 9.43. The van der Waals surface area contributed by atoms with E-state index in [9.17, 15) is 0 Å². The Morgan fingerprint density at radius 3 is 3.00 bits per heavy atom. The average molecular weight is 230 g/mol. The predicted molar refractivity (Wildman–Crippen MR) is 61.1 cm³/mol. The smallest absolute Gasteiger partial charge is 0.182 e. The number of nitrogens with zero attached hydrogens (tertiary/aromatic N) is 4. The first-order chi connectivity index (χ1) is 8.43. The first-order valence-corrected chi connectivity index (χ1v) is 6.10. The quantitative estimate of drug-likeness (QED) is 0.797. The Labute approximate surface area is 98.4 Å². The molecule has 6 nitrogen and oxygen atoms in total. The number of nitrogens with one attached hydrogen (secondary N) is 2. The van der Waals surface area contributed by atoms with Crippen molar-refractivity contribution in [3.05, 3.63) is 18.1 Å². The second-order valence-corrected chi connectivity index (χ2v) is 4.77. The van der Waals surface area contributed by atoms with Crippen LogP contribution in [0.1, 0.15) is 24.7 Å². The van der Waals surface area contributed by atoms with Gasteiger partial charge in [-0.05, 0) is 24.8 Å². The third-order valence-electron chi connectivity index (χ3n) is 3.59. The number of H-pyrrole nitrogens is 1. The molecule has 2 N–H and O–H groups in total. The summed E-state index contributed by atoms with van der Waals surface area (Å²) in [6, 6.07) is 2.33. The number of hydrogen-bond acceptors (Lipinski definition) is 4. The van der Waals surface area contributed by atoms with Crippen LogP contribution in [0.2, 0.25) is 0 Å². The highest BCUT2D eigenvalue weighted by Gasteiger charge is 2.37. The van der Waals surface area contributed by atoms with Gasteiger partial charge < -0.3 is 9.88 Å². The molecule has 1 aliphatic carbocycles. The molecular formula is C11H14N6. The van der Waals surface area contributed by atoms with Crippen LogP contribution in [0, 0.1) is 5.92 Å². The highest BCUT2D eigenvalue weighted by atomic mass is 15.3. The molecule has 1 saturated carbocycles.